The number of carbonyl (C=O) groups is 1. The summed E-state index contributed by atoms with van der Waals surface area (Å²) in [6.45, 7) is 0. The molecule has 1 atom stereocenters. The van der Waals surface area contributed by atoms with E-state index in [0.29, 0.717) is 22.7 Å². The van der Waals surface area contributed by atoms with Gasteiger partial charge in [0.25, 0.3) is 5.91 Å². The Morgan fingerprint density at radius 1 is 1.13 bits per heavy atom. The Balaban J connectivity index is 2.06. The van der Waals surface area contributed by atoms with Crippen molar-refractivity contribution in [2.75, 3.05) is 26.6 Å². The third kappa shape index (κ3) is 2.52. The Morgan fingerprint density at radius 3 is 2.48 bits per heavy atom. The zero-order valence-corrected chi connectivity index (χ0v) is 13.2. The van der Waals surface area contributed by atoms with E-state index in [0.717, 1.165) is 5.56 Å². The van der Waals surface area contributed by atoms with E-state index in [9.17, 15) is 9.90 Å². The van der Waals surface area contributed by atoms with Gasteiger partial charge in [-0.2, -0.15) is 0 Å². The molecular formula is C17H18N2O4. The van der Waals surface area contributed by atoms with Gasteiger partial charge in [-0.1, -0.05) is 12.1 Å². The molecule has 2 N–H and O–H groups in total. The van der Waals surface area contributed by atoms with Crippen molar-refractivity contribution in [1.29, 1.82) is 0 Å². The number of methoxy groups -OCH3 is 2. The molecule has 0 saturated carbocycles. The van der Waals surface area contributed by atoms with Crippen molar-refractivity contribution in [3.63, 3.8) is 0 Å². The Morgan fingerprint density at radius 2 is 1.83 bits per heavy atom. The Hall–Kier alpha value is -2.89. The number of benzene rings is 2. The molecule has 23 heavy (non-hydrogen) atoms. The molecule has 0 aromatic heterocycles. The molecule has 6 nitrogen and oxygen atoms in total. The average Bonchev–Trinajstić information content (AvgIpc) is 2.57. The summed E-state index contributed by atoms with van der Waals surface area (Å²) in [5.74, 6) is 1.08. The lowest BCUT2D eigenvalue weighted by Gasteiger charge is -2.36. The first-order valence-corrected chi connectivity index (χ1v) is 7.13. The number of hydrogen-bond donors (Lipinski definition) is 2. The van der Waals surface area contributed by atoms with Gasteiger partial charge in [0.05, 0.1) is 25.5 Å². The lowest BCUT2D eigenvalue weighted by atomic mass is 10.0. The molecule has 120 valence electrons. The van der Waals surface area contributed by atoms with E-state index >= 15 is 0 Å². The molecule has 0 aliphatic carbocycles. The largest absolute Gasteiger partial charge is 0.508 e. The van der Waals surface area contributed by atoms with Gasteiger partial charge in [0.1, 0.15) is 11.9 Å². The fourth-order valence-electron chi connectivity index (χ4n) is 2.73. The minimum Gasteiger partial charge on any atom is -0.508 e. The number of ether oxygens (including phenoxy) is 2. The minimum absolute atomic E-state index is 0.131. The molecule has 2 aromatic rings. The van der Waals surface area contributed by atoms with E-state index in [4.69, 9.17) is 9.47 Å². The quantitative estimate of drug-likeness (QED) is 0.911. The molecule has 0 saturated heterocycles. The third-order valence-electron chi connectivity index (χ3n) is 3.94. The molecule has 1 aliphatic heterocycles. The van der Waals surface area contributed by atoms with E-state index in [1.165, 1.54) is 7.11 Å². The molecular weight excluding hydrogens is 296 g/mol. The number of carbonyl (C=O) groups excluding carboxylic acids is 1. The molecule has 0 fully saturated rings. The average molecular weight is 314 g/mol. The number of nitrogens with one attached hydrogen (secondary N) is 1. The van der Waals surface area contributed by atoms with Gasteiger partial charge in [-0.05, 0) is 23.8 Å². The lowest BCUT2D eigenvalue weighted by Crippen LogP contribution is -2.40. The molecule has 1 amide bonds. The summed E-state index contributed by atoms with van der Waals surface area (Å²) in [7, 11) is 4.79. The van der Waals surface area contributed by atoms with Crippen LogP contribution in [0.1, 0.15) is 22.1 Å². The number of hydrogen-bond acceptors (Lipinski definition) is 5. The number of fused-ring (bicyclic) bond motifs is 1. The fraction of sp³-hybridized carbons (Fsp3) is 0.235. The highest BCUT2D eigenvalue weighted by atomic mass is 16.5. The van der Waals surface area contributed by atoms with Crippen LogP contribution in [0.25, 0.3) is 0 Å². The van der Waals surface area contributed by atoms with E-state index in [-0.39, 0.29) is 17.8 Å². The van der Waals surface area contributed by atoms with Crippen LogP contribution in [0, 0.1) is 0 Å². The second-order valence-corrected chi connectivity index (χ2v) is 5.31. The second kappa shape index (κ2) is 5.72. The highest BCUT2D eigenvalue weighted by Crippen LogP contribution is 2.39. The zero-order chi connectivity index (χ0) is 16.6. The number of aromatic hydroxyl groups is 1. The molecule has 1 aliphatic rings. The van der Waals surface area contributed by atoms with Crippen LogP contribution in [0.5, 0.6) is 17.2 Å². The highest BCUT2D eigenvalue weighted by Gasteiger charge is 2.31. The van der Waals surface area contributed by atoms with E-state index in [1.807, 2.05) is 6.07 Å². The molecule has 6 heteroatoms. The summed E-state index contributed by atoms with van der Waals surface area (Å²) < 4.78 is 10.6. The van der Waals surface area contributed by atoms with E-state index < -0.39 is 0 Å². The van der Waals surface area contributed by atoms with Gasteiger partial charge in [0, 0.05) is 13.1 Å². The molecule has 0 bridgehead atoms. The van der Waals surface area contributed by atoms with Crippen molar-refractivity contribution in [3.8, 4) is 17.2 Å². The standard InChI is InChI=1S/C17H18N2O4/c1-19-16(10-5-4-6-11(20)7-10)18-13-9-15(23-3)14(22-2)8-12(13)17(19)21/h4-9,16,18,20H,1-3H3/t16-/m0/s1. The molecule has 0 spiro atoms. The number of phenols is 1. The number of anilines is 1. The van der Waals surface area contributed by atoms with Gasteiger partial charge in [0.15, 0.2) is 11.5 Å². The van der Waals surface area contributed by atoms with Crippen LogP contribution in [-0.2, 0) is 0 Å². The number of phenolic OH excluding ortho intramolecular Hbond substituents is 1. The van der Waals surface area contributed by atoms with Gasteiger partial charge >= 0.3 is 0 Å². The normalized spacial score (nSPS) is 16.6. The van der Waals surface area contributed by atoms with Crippen molar-refractivity contribution >= 4 is 11.6 Å². The van der Waals surface area contributed by atoms with Gasteiger partial charge in [-0.3, -0.25) is 4.79 Å². The predicted octanol–water partition coefficient (Wildman–Crippen LogP) is 2.61. The molecule has 2 aromatic carbocycles. The Kier molecular flexibility index (Phi) is 3.73. The summed E-state index contributed by atoms with van der Waals surface area (Å²) >= 11 is 0. The molecule has 0 unspecified atom stereocenters. The maximum atomic E-state index is 12.7. The van der Waals surface area contributed by atoms with Crippen molar-refractivity contribution in [3.05, 3.63) is 47.5 Å². The van der Waals surface area contributed by atoms with Crippen LogP contribution >= 0.6 is 0 Å². The smallest absolute Gasteiger partial charge is 0.257 e. The SMILES string of the molecule is COc1cc2c(cc1OC)C(=O)N(C)[C@@H](c1cccc(O)c1)N2. The van der Waals surface area contributed by atoms with Crippen LogP contribution in [0.2, 0.25) is 0 Å². The summed E-state index contributed by atoms with van der Waals surface area (Å²) in [4.78, 5) is 14.3. The zero-order valence-electron chi connectivity index (χ0n) is 13.2. The minimum atomic E-state index is -0.375. The van der Waals surface area contributed by atoms with Crippen LogP contribution in [0.15, 0.2) is 36.4 Å². The third-order valence-corrected chi connectivity index (χ3v) is 3.94. The first-order chi connectivity index (χ1) is 11.0. The van der Waals surface area contributed by atoms with Crippen molar-refractivity contribution in [2.24, 2.45) is 0 Å². The fourth-order valence-corrected chi connectivity index (χ4v) is 2.73. The summed E-state index contributed by atoms with van der Waals surface area (Å²) in [6.07, 6.45) is -0.375. The topological polar surface area (TPSA) is 71.0 Å². The second-order valence-electron chi connectivity index (χ2n) is 5.31. The van der Waals surface area contributed by atoms with E-state index in [2.05, 4.69) is 5.32 Å². The summed E-state index contributed by atoms with van der Waals surface area (Å²) in [6, 6.07) is 10.2. The van der Waals surface area contributed by atoms with Crippen LogP contribution < -0.4 is 14.8 Å². The van der Waals surface area contributed by atoms with Crippen LogP contribution in [-0.4, -0.2) is 37.2 Å². The summed E-state index contributed by atoms with van der Waals surface area (Å²) in [5.41, 5.74) is 1.97. The number of amides is 1. The van der Waals surface area contributed by atoms with Crippen LogP contribution in [0.3, 0.4) is 0 Å². The van der Waals surface area contributed by atoms with Crippen LogP contribution in [0.4, 0.5) is 5.69 Å². The maximum Gasteiger partial charge on any atom is 0.257 e. The number of rotatable bonds is 3. The Bertz CT molecular complexity index is 760. The maximum absolute atomic E-state index is 12.7. The van der Waals surface area contributed by atoms with Gasteiger partial charge < -0.3 is 24.8 Å². The molecule has 1 heterocycles. The lowest BCUT2D eigenvalue weighted by molar-refractivity contribution is 0.0734. The highest BCUT2D eigenvalue weighted by molar-refractivity contribution is 6.02. The monoisotopic (exact) mass is 314 g/mol. The first kappa shape index (κ1) is 15.0. The van der Waals surface area contributed by atoms with Gasteiger partial charge in [-0.25, -0.2) is 0 Å². The van der Waals surface area contributed by atoms with Gasteiger partial charge in [0.2, 0.25) is 0 Å². The van der Waals surface area contributed by atoms with Crippen molar-refractivity contribution in [2.45, 2.75) is 6.17 Å². The van der Waals surface area contributed by atoms with E-state index in [1.54, 1.807) is 49.4 Å². The number of nitrogens with zero attached hydrogens (tertiary/aromatic N) is 1. The summed E-state index contributed by atoms with van der Waals surface area (Å²) in [5, 5.41) is 13.0. The molecule has 3 rings (SSSR count). The molecule has 0 radical (unpaired) electrons. The first-order valence-electron chi connectivity index (χ1n) is 7.13. The van der Waals surface area contributed by atoms with Crippen molar-refractivity contribution in [1.82, 2.24) is 4.90 Å². The predicted molar refractivity (Wildman–Crippen MR) is 86.1 cm³/mol. The van der Waals surface area contributed by atoms with Crippen molar-refractivity contribution < 1.29 is 19.4 Å². The Labute approximate surface area is 134 Å². The van der Waals surface area contributed by atoms with Gasteiger partial charge in [-0.15, -0.1) is 0 Å².